The van der Waals surface area contributed by atoms with E-state index in [1.54, 1.807) is 0 Å². The quantitative estimate of drug-likeness (QED) is 0.175. The van der Waals surface area contributed by atoms with Crippen molar-refractivity contribution >= 4 is 24.3 Å². The number of phenolic OH excluding ortho intramolecular Hbond substituents is 1. The minimum atomic E-state index is -1.51. The number of hydrogen-bond donors (Lipinski definition) is 1. The van der Waals surface area contributed by atoms with E-state index in [1.165, 1.54) is 5.19 Å². The zero-order valence-corrected chi connectivity index (χ0v) is 32.8. The molecule has 7 rings (SSSR count). The normalized spacial score (nSPS) is 12.4. The highest BCUT2D eigenvalue weighted by Gasteiger charge is 2.29. The summed E-state index contributed by atoms with van der Waals surface area (Å²) in [4.78, 5) is 15.4. The molecule has 0 radical (unpaired) electrons. The van der Waals surface area contributed by atoms with Gasteiger partial charge >= 0.3 is 0 Å². The van der Waals surface area contributed by atoms with Gasteiger partial charge in [0.15, 0.2) is 0 Å². The van der Waals surface area contributed by atoms with Gasteiger partial charge in [0, 0.05) is 34.8 Å². The molecule has 0 bridgehead atoms. The van der Waals surface area contributed by atoms with Crippen LogP contribution >= 0.6 is 0 Å². The standard InChI is InChI=1S/C46H48N4OSi/c1-45(2,3)34-27-37(43(51)38(28-34)46(4,5)6)44-49-42-40(50(44)35-18-14-11-15-19-35)22-23-47-41(42)33-25-31(30-16-12-10-13-17-30)24-32(26-33)39-21-20-36(29-48-39)52(7,8)9/h10-29,51H,1-9H3. The molecule has 0 fully saturated rings. The summed E-state index contributed by atoms with van der Waals surface area (Å²) in [5, 5.41) is 13.4. The molecule has 0 saturated heterocycles. The number of benzene rings is 4. The topological polar surface area (TPSA) is 63.8 Å². The van der Waals surface area contributed by atoms with Gasteiger partial charge in [0.05, 0.1) is 30.5 Å². The summed E-state index contributed by atoms with van der Waals surface area (Å²) in [6.07, 6.45) is 3.91. The van der Waals surface area contributed by atoms with Gasteiger partial charge in [0.1, 0.15) is 17.1 Å². The van der Waals surface area contributed by atoms with Crippen LogP contribution in [0.4, 0.5) is 0 Å². The minimum Gasteiger partial charge on any atom is -0.507 e. The summed E-state index contributed by atoms with van der Waals surface area (Å²) < 4.78 is 2.16. The lowest BCUT2D eigenvalue weighted by Crippen LogP contribution is -2.37. The second-order valence-corrected chi connectivity index (χ2v) is 22.0. The number of aromatic nitrogens is 4. The molecule has 0 unspecified atom stereocenters. The van der Waals surface area contributed by atoms with Crippen LogP contribution in [0.15, 0.2) is 122 Å². The summed E-state index contributed by atoms with van der Waals surface area (Å²) in [5.41, 5.74) is 10.8. The number of nitrogens with zero attached hydrogens (tertiary/aromatic N) is 4. The molecule has 3 heterocycles. The second-order valence-electron chi connectivity index (χ2n) is 16.9. The van der Waals surface area contributed by atoms with Crippen LogP contribution in [0.25, 0.3) is 61.8 Å². The molecular weight excluding hydrogens is 653 g/mol. The maximum Gasteiger partial charge on any atom is 0.149 e. The van der Waals surface area contributed by atoms with Gasteiger partial charge in [0.25, 0.3) is 0 Å². The number of fused-ring (bicyclic) bond motifs is 1. The third-order valence-electron chi connectivity index (χ3n) is 9.85. The van der Waals surface area contributed by atoms with Crippen LogP contribution in [0, 0.1) is 0 Å². The third-order valence-corrected chi connectivity index (χ3v) is 11.9. The first-order chi connectivity index (χ1) is 24.6. The van der Waals surface area contributed by atoms with Crippen LogP contribution in [0.2, 0.25) is 19.6 Å². The predicted molar refractivity (Wildman–Crippen MR) is 220 cm³/mol. The monoisotopic (exact) mass is 700 g/mol. The van der Waals surface area contributed by atoms with E-state index in [0.717, 1.165) is 61.5 Å². The molecule has 4 aromatic carbocycles. The molecule has 7 aromatic rings. The van der Waals surface area contributed by atoms with E-state index in [4.69, 9.17) is 15.0 Å². The van der Waals surface area contributed by atoms with Crippen molar-refractivity contribution < 1.29 is 5.11 Å². The Morgan fingerprint density at radius 3 is 1.90 bits per heavy atom. The molecule has 52 heavy (non-hydrogen) atoms. The Hall–Kier alpha value is -5.33. The number of hydrogen-bond acceptors (Lipinski definition) is 4. The number of aromatic hydroxyl groups is 1. The van der Waals surface area contributed by atoms with E-state index >= 15 is 0 Å². The Morgan fingerprint density at radius 1 is 0.635 bits per heavy atom. The van der Waals surface area contributed by atoms with Crippen molar-refractivity contribution in [2.75, 3.05) is 0 Å². The van der Waals surface area contributed by atoms with Crippen molar-refractivity contribution in [1.29, 1.82) is 0 Å². The fourth-order valence-electron chi connectivity index (χ4n) is 6.76. The van der Waals surface area contributed by atoms with Crippen molar-refractivity contribution in [3.05, 3.63) is 133 Å². The van der Waals surface area contributed by atoms with Gasteiger partial charge in [-0.25, -0.2) is 4.98 Å². The van der Waals surface area contributed by atoms with Crippen molar-refractivity contribution in [3.8, 4) is 56.5 Å². The van der Waals surface area contributed by atoms with Crippen LogP contribution in [-0.4, -0.2) is 32.7 Å². The second kappa shape index (κ2) is 13.0. The Morgan fingerprint density at radius 2 is 1.29 bits per heavy atom. The summed E-state index contributed by atoms with van der Waals surface area (Å²) in [6, 6.07) is 38.0. The predicted octanol–water partition coefficient (Wildman–Crippen LogP) is 11.3. The molecule has 0 aliphatic heterocycles. The van der Waals surface area contributed by atoms with Gasteiger partial charge in [-0.15, -0.1) is 0 Å². The molecule has 0 atom stereocenters. The maximum atomic E-state index is 12.1. The molecule has 262 valence electrons. The summed E-state index contributed by atoms with van der Waals surface area (Å²) in [6.45, 7) is 20.1. The van der Waals surface area contributed by atoms with E-state index in [9.17, 15) is 5.11 Å². The van der Waals surface area contributed by atoms with Crippen LogP contribution in [0.1, 0.15) is 52.7 Å². The van der Waals surface area contributed by atoms with Crippen LogP contribution in [0.5, 0.6) is 5.75 Å². The van der Waals surface area contributed by atoms with Crippen LogP contribution < -0.4 is 5.19 Å². The van der Waals surface area contributed by atoms with E-state index in [2.05, 4.69) is 145 Å². The summed E-state index contributed by atoms with van der Waals surface area (Å²) in [5.74, 6) is 0.927. The molecule has 0 aliphatic carbocycles. The molecule has 5 nitrogen and oxygen atoms in total. The molecule has 3 aromatic heterocycles. The molecule has 1 N–H and O–H groups in total. The third kappa shape index (κ3) is 6.71. The van der Waals surface area contributed by atoms with Crippen molar-refractivity contribution in [2.45, 2.75) is 72.0 Å². The number of para-hydroxylation sites is 1. The zero-order chi connectivity index (χ0) is 37.0. The molecular formula is C46H48N4OSi. The SMILES string of the molecule is CC(C)(C)c1cc(-c2nc3c(-c4cc(-c5ccccc5)cc(-c5ccc([Si](C)(C)C)cn5)c4)nccc3n2-c2ccccc2)c(O)c(C(C)(C)C)c1. The van der Waals surface area contributed by atoms with E-state index in [-0.39, 0.29) is 16.6 Å². The Balaban J connectivity index is 1.52. The molecule has 0 spiro atoms. The molecule has 0 saturated carbocycles. The highest BCUT2D eigenvalue weighted by Crippen LogP contribution is 2.44. The minimum absolute atomic E-state index is 0.145. The lowest BCUT2D eigenvalue weighted by molar-refractivity contribution is 0.446. The summed E-state index contributed by atoms with van der Waals surface area (Å²) >= 11 is 0. The van der Waals surface area contributed by atoms with Crippen LogP contribution in [-0.2, 0) is 10.8 Å². The highest BCUT2D eigenvalue weighted by molar-refractivity contribution is 6.88. The summed E-state index contributed by atoms with van der Waals surface area (Å²) in [7, 11) is -1.51. The fraction of sp³-hybridized carbons (Fsp3) is 0.239. The van der Waals surface area contributed by atoms with Gasteiger partial charge in [-0.05, 0) is 81.2 Å². The highest BCUT2D eigenvalue weighted by atomic mass is 28.3. The number of phenols is 1. The Kier molecular flexibility index (Phi) is 8.78. The molecule has 0 amide bonds. The molecule has 6 heteroatoms. The zero-order valence-electron chi connectivity index (χ0n) is 31.8. The lowest BCUT2D eigenvalue weighted by Gasteiger charge is -2.27. The Labute approximate surface area is 309 Å². The first-order valence-corrected chi connectivity index (χ1v) is 21.6. The number of rotatable bonds is 6. The van der Waals surface area contributed by atoms with E-state index in [1.807, 2.05) is 42.7 Å². The van der Waals surface area contributed by atoms with E-state index < -0.39 is 8.07 Å². The van der Waals surface area contributed by atoms with Gasteiger partial charge < -0.3 is 5.11 Å². The van der Waals surface area contributed by atoms with Gasteiger partial charge in [-0.3, -0.25) is 14.5 Å². The lowest BCUT2D eigenvalue weighted by atomic mass is 9.79. The van der Waals surface area contributed by atoms with Crippen molar-refractivity contribution in [3.63, 3.8) is 0 Å². The van der Waals surface area contributed by atoms with Crippen LogP contribution in [0.3, 0.4) is 0 Å². The fourth-order valence-corrected chi connectivity index (χ4v) is 7.80. The van der Waals surface area contributed by atoms with E-state index in [0.29, 0.717) is 11.4 Å². The smallest absolute Gasteiger partial charge is 0.149 e. The Bertz CT molecular complexity index is 2390. The number of imidazole rings is 1. The average Bonchev–Trinajstić information content (AvgIpc) is 3.50. The van der Waals surface area contributed by atoms with Gasteiger partial charge in [-0.1, -0.05) is 122 Å². The van der Waals surface area contributed by atoms with Crippen molar-refractivity contribution in [2.24, 2.45) is 0 Å². The maximum absolute atomic E-state index is 12.1. The average molecular weight is 701 g/mol. The number of pyridine rings is 2. The first-order valence-electron chi connectivity index (χ1n) is 18.1. The molecule has 0 aliphatic rings. The first kappa shape index (κ1) is 35.1. The van der Waals surface area contributed by atoms with Gasteiger partial charge in [-0.2, -0.15) is 0 Å². The van der Waals surface area contributed by atoms with Gasteiger partial charge in [0.2, 0.25) is 0 Å². The van der Waals surface area contributed by atoms with Crippen molar-refractivity contribution in [1.82, 2.24) is 19.5 Å². The largest absolute Gasteiger partial charge is 0.507 e.